The minimum absolute atomic E-state index is 0.0997. The largest absolute Gasteiger partial charge is 0.365 e. The fraction of sp³-hybridized carbons (Fsp3) is 0.417. The van der Waals surface area contributed by atoms with E-state index >= 15 is 0 Å². The van der Waals surface area contributed by atoms with Gasteiger partial charge in [-0.3, -0.25) is 4.79 Å². The average molecular weight is 319 g/mol. The van der Waals surface area contributed by atoms with Crippen LogP contribution in [0.2, 0.25) is 5.02 Å². The van der Waals surface area contributed by atoms with Crippen LogP contribution in [0.3, 0.4) is 0 Å². The standard InChI is InChI=1S/C12H13BrClNO2/c1-7-2-5-11(17-7)12(16)15-10-4-3-8(14)6-9(10)13/h3-4,6-7,11H,2,5H2,1H3,(H,15,16). The summed E-state index contributed by atoms with van der Waals surface area (Å²) in [5.74, 6) is -0.0997. The van der Waals surface area contributed by atoms with Crippen LogP contribution in [0.15, 0.2) is 22.7 Å². The van der Waals surface area contributed by atoms with E-state index in [0.29, 0.717) is 10.7 Å². The first-order valence-electron chi connectivity index (χ1n) is 5.47. The normalized spacial score (nSPS) is 23.7. The van der Waals surface area contributed by atoms with Gasteiger partial charge in [0.15, 0.2) is 0 Å². The van der Waals surface area contributed by atoms with E-state index in [4.69, 9.17) is 16.3 Å². The first-order chi connectivity index (χ1) is 8.06. The molecular weight excluding hydrogens is 305 g/mol. The fourth-order valence-corrected chi connectivity index (χ4v) is 2.58. The molecule has 1 heterocycles. The van der Waals surface area contributed by atoms with Crippen LogP contribution in [0.1, 0.15) is 19.8 Å². The van der Waals surface area contributed by atoms with Crippen LogP contribution in [0.25, 0.3) is 0 Å². The molecule has 5 heteroatoms. The van der Waals surface area contributed by atoms with Crippen LogP contribution in [-0.4, -0.2) is 18.1 Å². The predicted octanol–water partition coefficient (Wildman–Crippen LogP) is 3.61. The zero-order valence-corrected chi connectivity index (χ0v) is 11.7. The first-order valence-corrected chi connectivity index (χ1v) is 6.65. The number of anilines is 1. The highest BCUT2D eigenvalue weighted by Crippen LogP contribution is 2.27. The summed E-state index contributed by atoms with van der Waals surface area (Å²) in [6.07, 6.45) is 1.53. The van der Waals surface area contributed by atoms with Crippen molar-refractivity contribution in [3.8, 4) is 0 Å². The van der Waals surface area contributed by atoms with Crippen LogP contribution in [0.4, 0.5) is 5.69 Å². The summed E-state index contributed by atoms with van der Waals surface area (Å²) in [7, 11) is 0. The maximum absolute atomic E-state index is 11.9. The van der Waals surface area contributed by atoms with Gasteiger partial charge in [0.2, 0.25) is 0 Å². The van der Waals surface area contributed by atoms with Gasteiger partial charge in [-0.25, -0.2) is 0 Å². The predicted molar refractivity (Wildman–Crippen MR) is 71.4 cm³/mol. The van der Waals surface area contributed by atoms with Gasteiger partial charge < -0.3 is 10.1 Å². The molecule has 0 saturated carbocycles. The van der Waals surface area contributed by atoms with Gasteiger partial charge in [0.05, 0.1) is 11.8 Å². The Hall–Kier alpha value is -0.580. The molecule has 0 aliphatic carbocycles. The second-order valence-corrected chi connectivity index (χ2v) is 5.42. The van der Waals surface area contributed by atoms with Gasteiger partial charge >= 0.3 is 0 Å². The maximum atomic E-state index is 11.9. The molecule has 0 radical (unpaired) electrons. The zero-order valence-electron chi connectivity index (χ0n) is 9.37. The molecule has 1 fully saturated rings. The van der Waals surface area contributed by atoms with Gasteiger partial charge in [-0.15, -0.1) is 0 Å². The van der Waals surface area contributed by atoms with E-state index in [0.717, 1.165) is 17.3 Å². The van der Waals surface area contributed by atoms with E-state index in [9.17, 15) is 4.79 Å². The third-order valence-corrected chi connectivity index (χ3v) is 3.60. The van der Waals surface area contributed by atoms with Gasteiger partial charge in [0.25, 0.3) is 5.91 Å². The monoisotopic (exact) mass is 317 g/mol. The summed E-state index contributed by atoms with van der Waals surface area (Å²) in [5.41, 5.74) is 0.711. The van der Waals surface area contributed by atoms with Crippen molar-refractivity contribution in [3.63, 3.8) is 0 Å². The van der Waals surface area contributed by atoms with Crippen LogP contribution in [0.5, 0.6) is 0 Å². The Kier molecular flexibility index (Phi) is 4.07. The molecule has 1 aliphatic rings. The zero-order chi connectivity index (χ0) is 12.4. The highest BCUT2D eigenvalue weighted by Gasteiger charge is 2.28. The maximum Gasteiger partial charge on any atom is 0.253 e. The Morgan fingerprint density at radius 2 is 2.29 bits per heavy atom. The molecule has 3 nitrogen and oxygen atoms in total. The summed E-state index contributed by atoms with van der Waals surface area (Å²) in [5, 5.41) is 3.46. The molecule has 1 aromatic carbocycles. The minimum Gasteiger partial charge on any atom is -0.365 e. The van der Waals surface area contributed by atoms with Gasteiger partial charge in [-0.1, -0.05) is 11.6 Å². The molecule has 0 aromatic heterocycles. The lowest BCUT2D eigenvalue weighted by Crippen LogP contribution is -2.27. The van der Waals surface area contributed by atoms with E-state index in [1.807, 2.05) is 6.92 Å². The van der Waals surface area contributed by atoms with E-state index in [-0.39, 0.29) is 18.1 Å². The molecule has 2 rings (SSSR count). The molecule has 2 atom stereocenters. The number of hydrogen-bond donors (Lipinski definition) is 1. The molecule has 0 bridgehead atoms. The second kappa shape index (κ2) is 5.38. The topological polar surface area (TPSA) is 38.3 Å². The van der Waals surface area contributed by atoms with Crippen molar-refractivity contribution in [1.82, 2.24) is 0 Å². The Bertz CT molecular complexity index is 439. The van der Waals surface area contributed by atoms with Crippen molar-refractivity contribution in [2.75, 3.05) is 5.32 Å². The Morgan fingerprint density at radius 1 is 1.53 bits per heavy atom. The third-order valence-electron chi connectivity index (χ3n) is 2.71. The van der Waals surface area contributed by atoms with Crippen LogP contribution in [-0.2, 0) is 9.53 Å². The highest BCUT2D eigenvalue weighted by atomic mass is 79.9. The lowest BCUT2D eigenvalue weighted by molar-refractivity contribution is -0.126. The molecule has 17 heavy (non-hydrogen) atoms. The highest BCUT2D eigenvalue weighted by molar-refractivity contribution is 9.10. The molecule has 1 aliphatic heterocycles. The average Bonchev–Trinajstić information content (AvgIpc) is 2.69. The van der Waals surface area contributed by atoms with Crippen LogP contribution < -0.4 is 5.32 Å². The number of rotatable bonds is 2. The summed E-state index contributed by atoms with van der Waals surface area (Å²) in [6, 6.07) is 5.25. The number of halogens is 2. The summed E-state index contributed by atoms with van der Waals surface area (Å²) in [6.45, 7) is 1.98. The van der Waals surface area contributed by atoms with Crippen molar-refractivity contribution in [2.24, 2.45) is 0 Å². The molecular formula is C12H13BrClNO2. The smallest absolute Gasteiger partial charge is 0.253 e. The van der Waals surface area contributed by atoms with E-state index in [2.05, 4.69) is 21.2 Å². The number of carbonyl (C=O) groups is 1. The SMILES string of the molecule is CC1CCC(C(=O)Nc2ccc(Cl)cc2Br)O1. The first kappa shape index (κ1) is 12.9. The van der Waals surface area contributed by atoms with E-state index in [1.165, 1.54) is 0 Å². The van der Waals surface area contributed by atoms with Gasteiger partial charge in [0, 0.05) is 9.50 Å². The summed E-state index contributed by atoms with van der Waals surface area (Å²) >= 11 is 9.19. The molecule has 1 saturated heterocycles. The van der Waals surface area contributed by atoms with Crippen molar-refractivity contribution < 1.29 is 9.53 Å². The quantitative estimate of drug-likeness (QED) is 0.904. The second-order valence-electron chi connectivity index (χ2n) is 4.13. The molecule has 1 aromatic rings. The van der Waals surface area contributed by atoms with Crippen molar-refractivity contribution >= 4 is 39.1 Å². The Labute approximate surface area is 114 Å². The number of nitrogens with one attached hydrogen (secondary N) is 1. The van der Waals surface area contributed by atoms with Crippen molar-refractivity contribution in [2.45, 2.75) is 32.0 Å². The number of benzene rings is 1. The Morgan fingerprint density at radius 3 is 2.88 bits per heavy atom. The number of ether oxygens (including phenoxy) is 1. The lowest BCUT2D eigenvalue weighted by atomic mass is 10.2. The molecule has 1 N–H and O–H groups in total. The molecule has 2 unspecified atom stereocenters. The number of amides is 1. The molecule has 0 spiro atoms. The van der Waals surface area contributed by atoms with E-state index in [1.54, 1.807) is 18.2 Å². The third kappa shape index (κ3) is 3.21. The van der Waals surface area contributed by atoms with Gasteiger partial charge in [-0.05, 0) is 53.9 Å². The van der Waals surface area contributed by atoms with Crippen molar-refractivity contribution in [1.29, 1.82) is 0 Å². The van der Waals surface area contributed by atoms with Crippen LogP contribution in [0, 0.1) is 0 Å². The Balaban J connectivity index is 2.03. The molecule has 1 amide bonds. The van der Waals surface area contributed by atoms with Gasteiger partial charge in [-0.2, -0.15) is 0 Å². The fourth-order valence-electron chi connectivity index (χ4n) is 1.80. The lowest BCUT2D eigenvalue weighted by Gasteiger charge is -2.12. The van der Waals surface area contributed by atoms with Crippen molar-refractivity contribution in [3.05, 3.63) is 27.7 Å². The molecule has 92 valence electrons. The van der Waals surface area contributed by atoms with Crippen LogP contribution >= 0.6 is 27.5 Å². The number of hydrogen-bond acceptors (Lipinski definition) is 2. The summed E-state index contributed by atoms with van der Waals surface area (Å²) < 4.78 is 6.27. The number of carbonyl (C=O) groups excluding carboxylic acids is 1. The van der Waals surface area contributed by atoms with Gasteiger partial charge in [0.1, 0.15) is 6.10 Å². The van der Waals surface area contributed by atoms with E-state index < -0.39 is 0 Å². The summed E-state index contributed by atoms with van der Waals surface area (Å²) in [4.78, 5) is 11.9. The minimum atomic E-state index is -0.340.